The lowest BCUT2D eigenvalue weighted by atomic mass is 9.98. The van der Waals surface area contributed by atoms with Gasteiger partial charge in [-0.1, -0.05) is 27.7 Å². The third-order valence-electron chi connectivity index (χ3n) is 2.06. The number of halogens is 1. The van der Waals surface area contributed by atoms with Crippen LogP contribution in [0.1, 0.15) is 47.0 Å². The summed E-state index contributed by atoms with van der Waals surface area (Å²) in [6.07, 6.45) is 2.86. The molecular weight excluding hydrogens is 200 g/mol. The van der Waals surface area contributed by atoms with E-state index in [1.54, 1.807) is 0 Å². The van der Waals surface area contributed by atoms with E-state index in [1.807, 2.05) is 0 Å². The van der Waals surface area contributed by atoms with Crippen molar-refractivity contribution in [3.63, 3.8) is 0 Å². The van der Waals surface area contributed by atoms with Gasteiger partial charge in [0.05, 0.1) is 0 Å². The van der Waals surface area contributed by atoms with Crippen molar-refractivity contribution in [1.29, 1.82) is 0 Å². The first kappa shape index (κ1) is 13.8. The van der Waals surface area contributed by atoms with Gasteiger partial charge in [0.2, 0.25) is 0 Å². The van der Waals surface area contributed by atoms with Crippen LogP contribution in [0.15, 0.2) is 0 Å². The monoisotopic (exact) mass is 220 g/mol. The smallest absolute Gasteiger partial charge is 0.404 e. The van der Waals surface area contributed by atoms with Gasteiger partial charge < -0.3 is 4.74 Å². The summed E-state index contributed by atoms with van der Waals surface area (Å²) in [5.41, 5.74) is -0.681. The number of carbonyl (C=O) groups excluding carboxylic acids is 1. The van der Waals surface area contributed by atoms with E-state index in [2.05, 4.69) is 27.7 Å². The fraction of sp³-hybridized carbons (Fsp3) is 0.909. The van der Waals surface area contributed by atoms with E-state index < -0.39 is 5.43 Å². The zero-order valence-corrected chi connectivity index (χ0v) is 10.3. The van der Waals surface area contributed by atoms with Crippen LogP contribution in [0.2, 0.25) is 0 Å². The number of ether oxygens (including phenoxy) is 1. The molecule has 0 amide bonds. The first-order chi connectivity index (χ1) is 6.41. The van der Waals surface area contributed by atoms with E-state index in [0.29, 0.717) is 11.8 Å². The first-order valence-electron chi connectivity index (χ1n) is 5.28. The van der Waals surface area contributed by atoms with Crippen LogP contribution >= 0.6 is 11.6 Å². The second-order valence-corrected chi connectivity index (χ2v) is 4.89. The van der Waals surface area contributed by atoms with Crippen molar-refractivity contribution in [3.05, 3.63) is 0 Å². The second kappa shape index (κ2) is 7.10. The molecule has 84 valence electrons. The molecule has 0 saturated carbocycles. The zero-order valence-electron chi connectivity index (χ0n) is 9.55. The number of hydrogen-bond acceptors (Lipinski definition) is 2. The molecule has 0 radical (unpaired) electrons. The van der Waals surface area contributed by atoms with Crippen molar-refractivity contribution >= 4 is 17.0 Å². The Morgan fingerprint density at radius 2 is 1.71 bits per heavy atom. The molecule has 0 aromatic heterocycles. The quantitative estimate of drug-likeness (QED) is 0.627. The summed E-state index contributed by atoms with van der Waals surface area (Å²) in [5, 5.41) is 0. The minimum absolute atomic E-state index is 0.0117. The molecule has 3 heteroatoms. The highest BCUT2D eigenvalue weighted by atomic mass is 35.5. The lowest BCUT2D eigenvalue weighted by molar-refractivity contribution is 0.0970. The topological polar surface area (TPSA) is 26.3 Å². The third kappa shape index (κ3) is 8.36. The molecule has 0 fully saturated rings. The first-order valence-corrected chi connectivity index (χ1v) is 5.65. The van der Waals surface area contributed by atoms with E-state index in [4.69, 9.17) is 16.3 Å². The van der Waals surface area contributed by atoms with Gasteiger partial charge in [0.25, 0.3) is 0 Å². The van der Waals surface area contributed by atoms with Gasteiger partial charge in [0.1, 0.15) is 6.10 Å². The Bertz CT molecular complexity index is 167. The minimum atomic E-state index is -0.681. The molecule has 0 aliphatic heterocycles. The molecule has 0 aliphatic carbocycles. The summed E-state index contributed by atoms with van der Waals surface area (Å²) in [6, 6.07) is 0. The average molecular weight is 221 g/mol. The van der Waals surface area contributed by atoms with Crippen LogP contribution in [0.3, 0.4) is 0 Å². The van der Waals surface area contributed by atoms with Crippen molar-refractivity contribution in [1.82, 2.24) is 0 Å². The predicted molar refractivity (Wildman–Crippen MR) is 59.6 cm³/mol. The summed E-state index contributed by atoms with van der Waals surface area (Å²) >= 11 is 5.21. The van der Waals surface area contributed by atoms with Crippen LogP contribution in [0, 0.1) is 11.8 Å². The van der Waals surface area contributed by atoms with Gasteiger partial charge in [0, 0.05) is 11.6 Å². The van der Waals surface area contributed by atoms with Gasteiger partial charge in [0.15, 0.2) is 0 Å². The van der Waals surface area contributed by atoms with E-state index >= 15 is 0 Å². The van der Waals surface area contributed by atoms with E-state index in [0.717, 1.165) is 19.3 Å². The second-order valence-electron chi connectivity index (χ2n) is 4.58. The molecule has 0 spiro atoms. The number of rotatable bonds is 6. The maximum Gasteiger partial charge on any atom is 0.404 e. The highest BCUT2D eigenvalue weighted by Crippen LogP contribution is 2.17. The van der Waals surface area contributed by atoms with Crippen molar-refractivity contribution in [3.8, 4) is 0 Å². The lowest BCUT2D eigenvalue weighted by Crippen LogP contribution is -2.17. The van der Waals surface area contributed by atoms with Crippen LogP contribution in [-0.2, 0) is 4.74 Å². The van der Waals surface area contributed by atoms with Crippen molar-refractivity contribution in [2.75, 3.05) is 0 Å². The SMILES string of the molecule is CC(C)CCC(CC(C)C)OC(=O)Cl. The van der Waals surface area contributed by atoms with E-state index in [-0.39, 0.29) is 6.10 Å². The van der Waals surface area contributed by atoms with Crippen LogP contribution in [-0.4, -0.2) is 11.5 Å². The molecule has 0 heterocycles. The Morgan fingerprint density at radius 1 is 1.14 bits per heavy atom. The maximum atomic E-state index is 10.6. The fourth-order valence-electron chi connectivity index (χ4n) is 1.40. The van der Waals surface area contributed by atoms with Crippen LogP contribution in [0.4, 0.5) is 4.79 Å². The Morgan fingerprint density at radius 3 is 2.07 bits per heavy atom. The van der Waals surface area contributed by atoms with Gasteiger partial charge >= 0.3 is 5.43 Å². The molecule has 0 aromatic rings. The largest absolute Gasteiger partial charge is 0.450 e. The number of hydrogen-bond donors (Lipinski definition) is 0. The van der Waals surface area contributed by atoms with Gasteiger partial charge in [-0.25, -0.2) is 4.79 Å². The summed E-state index contributed by atoms with van der Waals surface area (Å²) in [6.45, 7) is 8.55. The molecule has 0 aliphatic rings. The van der Waals surface area contributed by atoms with Gasteiger partial charge in [-0.3, -0.25) is 0 Å². The van der Waals surface area contributed by atoms with Crippen molar-refractivity contribution in [2.24, 2.45) is 11.8 Å². The van der Waals surface area contributed by atoms with Crippen LogP contribution in [0.5, 0.6) is 0 Å². The normalized spacial score (nSPS) is 13.4. The summed E-state index contributed by atoms with van der Waals surface area (Å²) in [7, 11) is 0. The Kier molecular flexibility index (Phi) is 6.98. The third-order valence-corrected chi connectivity index (χ3v) is 2.15. The molecule has 2 nitrogen and oxygen atoms in total. The van der Waals surface area contributed by atoms with Gasteiger partial charge in [-0.05, 0) is 31.1 Å². The standard InChI is InChI=1S/C11H21ClO2/c1-8(2)5-6-10(7-9(3)4)14-11(12)13/h8-10H,5-7H2,1-4H3. The number of carbonyl (C=O) groups is 1. The molecule has 0 N–H and O–H groups in total. The van der Waals surface area contributed by atoms with Crippen molar-refractivity contribution in [2.45, 2.75) is 53.1 Å². The summed E-state index contributed by atoms with van der Waals surface area (Å²) < 4.78 is 5.04. The molecule has 0 saturated heterocycles. The summed E-state index contributed by atoms with van der Waals surface area (Å²) in [5.74, 6) is 1.17. The average Bonchev–Trinajstić information content (AvgIpc) is 1.97. The van der Waals surface area contributed by atoms with Crippen LogP contribution in [0.25, 0.3) is 0 Å². The Hall–Kier alpha value is -0.240. The van der Waals surface area contributed by atoms with E-state index in [9.17, 15) is 4.79 Å². The van der Waals surface area contributed by atoms with Gasteiger partial charge in [-0.2, -0.15) is 0 Å². The van der Waals surface area contributed by atoms with E-state index in [1.165, 1.54) is 0 Å². The van der Waals surface area contributed by atoms with Crippen molar-refractivity contribution < 1.29 is 9.53 Å². The molecule has 0 aromatic carbocycles. The molecule has 1 unspecified atom stereocenters. The fourth-order valence-corrected chi connectivity index (χ4v) is 1.53. The zero-order chi connectivity index (χ0) is 11.1. The van der Waals surface area contributed by atoms with Crippen LogP contribution < -0.4 is 0 Å². The minimum Gasteiger partial charge on any atom is -0.450 e. The molecule has 0 rings (SSSR count). The Balaban J connectivity index is 3.90. The molecule has 0 bridgehead atoms. The van der Waals surface area contributed by atoms with Gasteiger partial charge in [-0.15, -0.1) is 0 Å². The highest BCUT2D eigenvalue weighted by Gasteiger charge is 2.15. The molecule has 14 heavy (non-hydrogen) atoms. The maximum absolute atomic E-state index is 10.6. The predicted octanol–water partition coefficient (Wildman–Crippen LogP) is 4.21. The molecule has 1 atom stereocenters. The Labute approximate surface area is 92.0 Å². The highest BCUT2D eigenvalue weighted by molar-refractivity contribution is 6.61. The molecular formula is C11H21ClO2. The summed E-state index contributed by atoms with van der Waals surface area (Å²) in [4.78, 5) is 10.6. The lowest BCUT2D eigenvalue weighted by Gasteiger charge is -2.19.